The molecule has 0 atom stereocenters. The lowest BCUT2D eigenvalue weighted by atomic mass is 10.1. The van der Waals surface area contributed by atoms with Crippen molar-refractivity contribution in [1.82, 2.24) is 5.32 Å². The zero-order valence-electron chi connectivity index (χ0n) is 8.85. The Morgan fingerprint density at radius 1 is 1.29 bits per heavy atom. The van der Waals surface area contributed by atoms with Gasteiger partial charge in [-0.25, -0.2) is 0 Å². The maximum atomic E-state index is 11.1. The van der Waals surface area contributed by atoms with Crippen molar-refractivity contribution in [3.63, 3.8) is 0 Å². The van der Waals surface area contributed by atoms with Crippen LogP contribution in [0.2, 0.25) is 0 Å². The van der Waals surface area contributed by atoms with Crippen LogP contribution in [0.3, 0.4) is 0 Å². The lowest BCUT2D eigenvalue weighted by Crippen LogP contribution is -2.12. The Labute approximate surface area is 92.2 Å². The molecular formula is C11H17NOS. The third-order valence-electron chi connectivity index (χ3n) is 1.95. The first-order chi connectivity index (χ1) is 6.27. The van der Waals surface area contributed by atoms with Gasteiger partial charge in [0, 0.05) is 12.1 Å². The molecule has 1 aromatic carbocycles. The Kier molecular flexibility index (Phi) is 5.31. The van der Waals surface area contributed by atoms with Crippen LogP contribution in [0.25, 0.3) is 0 Å². The molecule has 1 N–H and O–H groups in total. The zero-order chi connectivity index (χ0) is 9.84. The SMILES string of the molecule is CC.Cc1ccc2c(c1)C(=O)NC2.S. The number of amides is 1. The van der Waals surface area contributed by atoms with Crippen molar-refractivity contribution < 1.29 is 4.79 Å². The van der Waals surface area contributed by atoms with Crippen molar-refractivity contribution >= 4 is 19.4 Å². The molecule has 1 aliphatic heterocycles. The summed E-state index contributed by atoms with van der Waals surface area (Å²) in [5, 5.41) is 2.77. The normalized spacial score (nSPS) is 11.8. The molecule has 78 valence electrons. The van der Waals surface area contributed by atoms with Gasteiger partial charge >= 0.3 is 0 Å². The summed E-state index contributed by atoms with van der Waals surface area (Å²) < 4.78 is 0. The Hall–Kier alpha value is -0.960. The number of carbonyl (C=O) groups excluding carboxylic acids is 1. The van der Waals surface area contributed by atoms with Gasteiger partial charge in [0.2, 0.25) is 0 Å². The van der Waals surface area contributed by atoms with Gasteiger partial charge in [0.25, 0.3) is 5.91 Å². The van der Waals surface area contributed by atoms with E-state index in [-0.39, 0.29) is 19.4 Å². The number of aryl methyl sites for hydroxylation is 1. The quantitative estimate of drug-likeness (QED) is 0.701. The predicted octanol–water partition coefficient (Wildman–Crippen LogP) is 2.38. The van der Waals surface area contributed by atoms with Gasteiger partial charge < -0.3 is 5.32 Å². The second kappa shape index (κ2) is 5.70. The van der Waals surface area contributed by atoms with Crippen LogP contribution in [-0.2, 0) is 6.54 Å². The summed E-state index contributed by atoms with van der Waals surface area (Å²) in [6, 6.07) is 5.96. The van der Waals surface area contributed by atoms with Crippen LogP contribution >= 0.6 is 13.5 Å². The minimum atomic E-state index is 0. The van der Waals surface area contributed by atoms with E-state index in [4.69, 9.17) is 0 Å². The second-order valence-corrected chi connectivity index (χ2v) is 2.84. The monoisotopic (exact) mass is 211 g/mol. The van der Waals surface area contributed by atoms with Gasteiger partial charge in [0.1, 0.15) is 0 Å². The first-order valence-corrected chi connectivity index (χ1v) is 4.65. The van der Waals surface area contributed by atoms with Gasteiger partial charge in [-0.05, 0) is 18.6 Å². The van der Waals surface area contributed by atoms with Gasteiger partial charge in [0.05, 0.1) is 0 Å². The van der Waals surface area contributed by atoms with Crippen molar-refractivity contribution in [3.05, 3.63) is 34.9 Å². The van der Waals surface area contributed by atoms with Crippen molar-refractivity contribution in [3.8, 4) is 0 Å². The highest BCUT2D eigenvalue weighted by Gasteiger charge is 2.17. The van der Waals surface area contributed by atoms with E-state index in [0.29, 0.717) is 6.54 Å². The summed E-state index contributed by atoms with van der Waals surface area (Å²) in [6.07, 6.45) is 0. The topological polar surface area (TPSA) is 29.1 Å². The van der Waals surface area contributed by atoms with E-state index in [1.807, 2.05) is 39.0 Å². The average molecular weight is 211 g/mol. The van der Waals surface area contributed by atoms with Crippen molar-refractivity contribution in [2.75, 3.05) is 0 Å². The summed E-state index contributed by atoms with van der Waals surface area (Å²) >= 11 is 0. The molecule has 3 heteroatoms. The molecule has 0 aliphatic carbocycles. The summed E-state index contributed by atoms with van der Waals surface area (Å²) in [4.78, 5) is 11.1. The van der Waals surface area contributed by atoms with E-state index in [1.54, 1.807) is 0 Å². The number of hydrogen-bond acceptors (Lipinski definition) is 1. The second-order valence-electron chi connectivity index (χ2n) is 2.84. The molecule has 0 saturated carbocycles. The fraction of sp³-hybridized carbons (Fsp3) is 0.364. The Morgan fingerprint density at radius 3 is 2.57 bits per heavy atom. The first kappa shape index (κ1) is 13.0. The highest BCUT2D eigenvalue weighted by molar-refractivity contribution is 7.59. The number of carbonyl (C=O) groups is 1. The number of hydrogen-bond donors (Lipinski definition) is 1. The van der Waals surface area contributed by atoms with Gasteiger partial charge in [0.15, 0.2) is 0 Å². The van der Waals surface area contributed by atoms with E-state index >= 15 is 0 Å². The standard InChI is InChI=1S/C9H9NO.C2H6.H2S/c1-6-2-3-7-5-10-9(11)8(7)4-6;1-2;/h2-4H,5H2,1H3,(H,10,11);1-2H3;1H2. The third kappa shape index (κ3) is 2.51. The smallest absolute Gasteiger partial charge is 0.251 e. The minimum absolute atomic E-state index is 0. The van der Waals surface area contributed by atoms with Crippen LogP contribution in [0, 0.1) is 6.92 Å². The van der Waals surface area contributed by atoms with Crippen LogP contribution in [0.15, 0.2) is 18.2 Å². The highest BCUT2D eigenvalue weighted by Crippen LogP contribution is 2.16. The maximum absolute atomic E-state index is 11.1. The molecule has 0 unspecified atom stereocenters. The number of rotatable bonds is 0. The van der Waals surface area contributed by atoms with E-state index in [0.717, 1.165) is 16.7 Å². The van der Waals surface area contributed by atoms with Crippen molar-refractivity contribution in [1.29, 1.82) is 0 Å². The molecule has 2 nitrogen and oxygen atoms in total. The zero-order valence-corrected chi connectivity index (χ0v) is 9.85. The number of nitrogens with one attached hydrogen (secondary N) is 1. The van der Waals surface area contributed by atoms with Crippen molar-refractivity contribution in [2.24, 2.45) is 0 Å². The van der Waals surface area contributed by atoms with E-state index in [9.17, 15) is 4.79 Å². The lowest BCUT2D eigenvalue weighted by molar-refractivity contribution is 0.0965. The maximum Gasteiger partial charge on any atom is 0.251 e. The molecule has 2 rings (SSSR count). The number of fused-ring (bicyclic) bond motifs is 1. The van der Waals surface area contributed by atoms with Gasteiger partial charge in [-0.3, -0.25) is 4.79 Å². The Bertz CT molecular complexity index is 323. The molecule has 0 radical (unpaired) electrons. The summed E-state index contributed by atoms with van der Waals surface area (Å²) in [5.74, 6) is 0.0590. The van der Waals surface area contributed by atoms with Gasteiger partial charge in [-0.2, -0.15) is 13.5 Å². The fourth-order valence-electron chi connectivity index (χ4n) is 1.33. The lowest BCUT2D eigenvalue weighted by Gasteiger charge is -1.95. The first-order valence-electron chi connectivity index (χ1n) is 4.65. The minimum Gasteiger partial charge on any atom is -0.348 e. The average Bonchev–Trinajstić information content (AvgIpc) is 2.52. The number of benzene rings is 1. The molecule has 0 saturated heterocycles. The van der Waals surface area contributed by atoms with Crippen LogP contribution in [0.5, 0.6) is 0 Å². The molecule has 0 aromatic heterocycles. The largest absolute Gasteiger partial charge is 0.348 e. The van der Waals surface area contributed by atoms with Crippen LogP contribution in [0.1, 0.15) is 35.3 Å². The Morgan fingerprint density at radius 2 is 1.93 bits per heavy atom. The molecule has 1 aliphatic rings. The molecule has 0 spiro atoms. The molecular weight excluding hydrogens is 194 g/mol. The summed E-state index contributed by atoms with van der Waals surface area (Å²) in [5.41, 5.74) is 3.09. The molecule has 1 aromatic rings. The van der Waals surface area contributed by atoms with Crippen LogP contribution in [0.4, 0.5) is 0 Å². The summed E-state index contributed by atoms with van der Waals surface area (Å²) in [7, 11) is 0. The molecule has 1 heterocycles. The molecule has 0 bridgehead atoms. The molecule has 14 heavy (non-hydrogen) atoms. The van der Waals surface area contributed by atoms with E-state index < -0.39 is 0 Å². The molecule has 1 amide bonds. The van der Waals surface area contributed by atoms with Gasteiger partial charge in [-0.1, -0.05) is 31.5 Å². The van der Waals surface area contributed by atoms with Crippen LogP contribution in [-0.4, -0.2) is 5.91 Å². The third-order valence-corrected chi connectivity index (χ3v) is 1.95. The van der Waals surface area contributed by atoms with E-state index in [2.05, 4.69) is 5.32 Å². The van der Waals surface area contributed by atoms with Gasteiger partial charge in [-0.15, -0.1) is 0 Å². The Balaban J connectivity index is 0.000000531. The van der Waals surface area contributed by atoms with Crippen molar-refractivity contribution in [2.45, 2.75) is 27.3 Å². The molecule has 0 fully saturated rings. The van der Waals surface area contributed by atoms with E-state index in [1.165, 1.54) is 0 Å². The van der Waals surface area contributed by atoms with Crippen LogP contribution < -0.4 is 5.32 Å². The fourth-order valence-corrected chi connectivity index (χ4v) is 1.33. The predicted molar refractivity (Wildman–Crippen MR) is 64.1 cm³/mol. The highest BCUT2D eigenvalue weighted by atomic mass is 32.1. The summed E-state index contributed by atoms with van der Waals surface area (Å²) in [6.45, 7) is 6.68.